The van der Waals surface area contributed by atoms with E-state index in [0.717, 1.165) is 37.3 Å². The summed E-state index contributed by atoms with van der Waals surface area (Å²) in [5, 5.41) is 9.23. The number of hydrogen-bond donors (Lipinski definition) is 1. The van der Waals surface area contributed by atoms with E-state index in [1.54, 1.807) is 6.92 Å². The Bertz CT molecular complexity index is 424. The first kappa shape index (κ1) is 15.7. The van der Waals surface area contributed by atoms with Crippen molar-refractivity contribution in [2.24, 2.45) is 0 Å². The summed E-state index contributed by atoms with van der Waals surface area (Å²) >= 11 is 0. The number of aliphatic carboxylic acids is 1. The van der Waals surface area contributed by atoms with Gasteiger partial charge in [0.05, 0.1) is 6.54 Å². The largest absolute Gasteiger partial charge is 0.478 e. The van der Waals surface area contributed by atoms with Gasteiger partial charge in [-0.15, -0.1) is 0 Å². The zero-order valence-electron chi connectivity index (χ0n) is 12.6. The highest BCUT2D eigenvalue weighted by Gasteiger charge is 2.27. The topological polar surface area (TPSA) is 46.1 Å². The van der Waals surface area contributed by atoms with Crippen LogP contribution in [0.25, 0.3) is 0 Å². The summed E-state index contributed by atoms with van der Waals surface area (Å²) in [5.41, 5.74) is 1.15. The van der Waals surface area contributed by atoms with Crippen LogP contribution in [0.2, 0.25) is 0 Å². The second-order valence-electron chi connectivity index (χ2n) is 5.22. The predicted molar refractivity (Wildman–Crippen MR) is 75.2 cm³/mol. The first-order valence-electron chi connectivity index (χ1n) is 7.35. The molecule has 1 atom stereocenters. The highest BCUT2D eigenvalue weighted by atomic mass is 16.4. The zero-order valence-corrected chi connectivity index (χ0v) is 12.6. The van der Waals surface area contributed by atoms with Crippen LogP contribution in [-0.2, 0) is 17.8 Å². The van der Waals surface area contributed by atoms with Crippen LogP contribution in [-0.4, -0.2) is 15.6 Å². The first-order chi connectivity index (χ1) is 9.02. The van der Waals surface area contributed by atoms with Gasteiger partial charge < -0.3 is 5.11 Å². The SMILES string of the molecule is CCCCCc1n(CCC)c(C)c[n+]1C(C)C(=O)O. The average molecular weight is 267 g/mol. The number of carbonyl (C=O) groups is 1. The Morgan fingerprint density at radius 3 is 2.58 bits per heavy atom. The fraction of sp³-hybridized carbons (Fsp3) is 0.733. The summed E-state index contributed by atoms with van der Waals surface area (Å²) in [6, 6.07) is -0.492. The van der Waals surface area contributed by atoms with Crippen molar-refractivity contribution in [2.75, 3.05) is 0 Å². The van der Waals surface area contributed by atoms with Gasteiger partial charge in [-0.05, 0) is 19.8 Å². The molecule has 1 heterocycles. The third-order valence-corrected chi connectivity index (χ3v) is 3.59. The lowest BCUT2D eigenvalue weighted by molar-refractivity contribution is -0.714. The van der Waals surface area contributed by atoms with Gasteiger partial charge in [0.1, 0.15) is 11.9 Å². The lowest BCUT2D eigenvalue weighted by Crippen LogP contribution is -2.44. The van der Waals surface area contributed by atoms with E-state index in [4.69, 9.17) is 0 Å². The fourth-order valence-corrected chi connectivity index (χ4v) is 2.47. The third kappa shape index (κ3) is 3.82. The molecule has 4 heteroatoms. The van der Waals surface area contributed by atoms with Gasteiger partial charge in [-0.1, -0.05) is 26.7 Å². The maximum atomic E-state index is 11.2. The molecule has 0 amide bonds. The highest BCUT2D eigenvalue weighted by Crippen LogP contribution is 2.11. The van der Waals surface area contributed by atoms with Crippen LogP contribution >= 0.6 is 0 Å². The summed E-state index contributed by atoms with van der Waals surface area (Å²) in [4.78, 5) is 11.2. The normalized spacial score (nSPS) is 12.6. The fourth-order valence-electron chi connectivity index (χ4n) is 2.47. The number of nitrogens with zero attached hydrogens (tertiary/aromatic N) is 2. The highest BCUT2D eigenvalue weighted by molar-refractivity contribution is 5.69. The molecule has 0 bridgehead atoms. The van der Waals surface area contributed by atoms with E-state index < -0.39 is 12.0 Å². The molecule has 0 saturated heterocycles. The number of rotatable bonds is 8. The Labute approximate surface area is 116 Å². The third-order valence-electron chi connectivity index (χ3n) is 3.59. The van der Waals surface area contributed by atoms with Crippen molar-refractivity contribution in [3.63, 3.8) is 0 Å². The maximum Gasteiger partial charge on any atom is 0.349 e. The van der Waals surface area contributed by atoms with Gasteiger partial charge in [-0.3, -0.25) is 0 Å². The molecule has 4 nitrogen and oxygen atoms in total. The van der Waals surface area contributed by atoms with Gasteiger partial charge in [0.2, 0.25) is 0 Å². The quantitative estimate of drug-likeness (QED) is 0.581. The van der Waals surface area contributed by atoms with E-state index in [1.807, 2.05) is 10.8 Å². The smallest absolute Gasteiger partial charge is 0.349 e. The molecular formula is C15H27N2O2+. The van der Waals surface area contributed by atoms with Crippen molar-refractivity contribution < 1.29 is 14.5 Å². The van der Waals surface area contributed by atoms with Gasteiger partial charge in [-0.2, -0.15) is 0 Å². The van der Waals surface area contributed by atoms with Gasteiger partial charge in [-0.25, -0.2) is 13.9 Å². The number of carboxylic acid groups (broad SMARTS) is 1. The average Bonchev–Trinajstić information content (AvgIpc) is 2.67. The Kier molecular flexibility index (Phi) is 6.06. The van der Waals surface area contributed by atoms with Gasteiger partial charge >= 0.3 is 5.97 Å². The van der Waals surface area contributed by atoms with E-state index in [0.29, 0.717) is 0 Å². The Morgan fingerprint density at radius 2 is 2.05 bits per heavy atom. The second-order valence-corrected chi connectivity index (χ2v) is 5.22. The van der Waals surface area contributed by atoms with E-state index >= 15 is 0 Å². The van der Waals surface area contributed by atoms with Crippen LogP contribution in [0.4, 0.5) is 0 Å². The molecule has 0 aliphatic carbocycles. The van der Waals surface area contributed by atoms with Gasteiger partial charge in [0, 0.05) is 13.3 Å². The summed E-state index contributed by atoms with van der Waals surface area (Å²) in [7, 11) is 0. The van der Waals surface area contributed by atoms with Crippen LogP contribution in [0.5, 0.6) is 0 Å². The predicted octanol–water partition coefficient (Wildman–Crippen LogP) is 2.87. The molecule has 1 aromatic heterocycles. The Balaban J connectivity index is 3.07. The minimum atomic E-state index is -0.768. The Hall–Kier alpha value is -1.32. The molecule has 1 aromatic rings. The number of unbranched alkanes of at least 4 members (excludes halogenated alkanes) is 2. The van der Waals surface area contributed by atoms with Crippen molar-refractivity contribution in [2.45, 2.75) is 72.4 Å². The van der Waals surface area contributed by atoms with Crippen molar-refractivity contribution in [3.05, 3.63) is 17.7 Å². The zero-order chi connectivity index (χ0) is 14.4. The molecule has 1 N–H and O–H groups in total. The minimum Gasteiger partial charge on any atom is -0.478 e. The number of hydrogen-bond acceptors (Lipinski definition) is 1. The first-order valence-corrected chi connectivity index (χ1v) is 7.35. The lowest BCUT2D eigenvalue weighted by Gasteiger charge is -2.08. The number of aryl methyl sites for hydroxylation is 1. The van der Waals surface area contributed by atoms with Crippen LogP contribution in [0.15, 0.2) is 6.20 Å². The molecule has 0 radical (unpaired) electrons. The van der Waals surface area contributed by atoms with Crippen LogP contribution in [0.1, 0.15) is 64.0 Å². The van der Waals surface area contributed by atoms with Gasteiger partial charge in [0.25, 0.3) is 5.82 Å². The summed E-state index contributed by atoms with van der Waals surface area (Å²) < 4.78 is 4.21. The molecule has 1 rings (SSSR count). The number of carboxylic acids is 1. The van der Waals surface area contributed by atoms with Crippen molar-refractivity contribution in [1.29, 1.82) is 0 Å². The molecule has 0 fully saturated rings. The number of aromatic nitrogens is 2. The van der Waals surface area contributed by atoms with Crippen molar-refractivity contribution in [1.82, 2.24) is 4.57 Å². The van der Waals surface area contributed by atoms with Crippen molar-refractivity contribution >= 4 is 5.97 Å². The van der Waals surface area contributed by atoms with E-state index in [9.17, 15) is 9.90 Å². The summed E-state index contributed by atoms with van der Waals surface area (Å²) in [6.07, 6.45) is 7.50. The monoisotopic (exact) mass is 267 g/mol. The molecule has 108 valence electrons. The van der Waals surface area contributed by atoms with Crippen LogP contribution in [0, 0.1) is 6.92 Å². The molecular weight excluding hydrogens is 240 g/mol. The van der Waals surface area contributed by atoms with E-state index in [-0.39, 0.29) is 0 Å². The van der Waals surface area contributed by atoms with E-state index in [2.05, 4.69) is 25.3 Å². The van der Waals surface area contributed by atoms with Crippen LogP contribution < -0.4 is 4.57 Å². The maximum absolute atomic E-state index is 11.2. The molecule has 0 saturated carbocycles. The summed E-state index contributed by atoms with van der Waals surface area (Å²) in [6.45, 7) is 9.11. The molecule has 0 spiro atoms. The van der Waals surface area contributed by atoms with E-state index in [1.165, 1.54) is 12.8 Å². The molecule has 1 unspecified atom stereocenters. The second kappa shape index (κ2) is 7.31. The Morgan fingerprint density at radius 1 is 1.37 bits per heavy atom. The standard InChI is InChI=1S/C15H26N2O2/c1-5-7-8-9-14-16(10-6-2)12(3)11-17(14)13(4)15(18)19/h11,13H,5-10H2,1-4H3/p+1. The van der Waals surface area contributed by atoms with Crippen molar-refractivity contribution in [3.8, 4) is 0 Å². The molecule has 0 aromatic carbocycles. The molecule has 0 aliphatic heterocycles. The number of imidazole rings is 1. The summed E-state index contributed by atoms with van der Waals surface area (Å²) in [5.74, 6) is 0.387. The molecule has 0 aliphatic rings. The molecule has 19 heavy (non-hydrogen) atoms. The van der Waals surface area contributed by atoms with Gasteiger partial charge in [0.15, 0.2) is 6.04 Å². The lowest BCUT2D eigenvalue weighted by atomic mass is 10.2. The van der Waals surface area contributed by atoms with Crippen LogP contribution in [0.3, 0.4) is 0 Å². The minimum absolute atomic E-state index is 0.492.